The lowest BCUT2D eigenvalue weighted by molar-refractivity contribution is 0.286. The van der Waals surface area contributed by atoms with E-state index < -0.39 is 0 Å². The molecule has 0 N–H and O–H groups in total. The summed E-state index contributed by atoms with van der Waals surface area (Å²) in [5, 5.41) is 4.44. The van der Waals surface area contributed by atoms with E-state index in [0.29, 0.717) is 0 Å². The van der Waals surface area contributed by atoms with Crippen LogP contribution in [0.25, 0.3) is 0 Å². The highest BCUT2D eigenvalue weighted by Gasteiger charge is 2.26. The van der Waals surface area contributed by atoms with Crippen LogP contribution in [0, 0.1) is 11.8 Å². The Labute approximate surface area is 70.0 Å². The van der Waals surface area contributed by atoms with Crippen LogP contribution in [-0.4, -0.2) is 38.6 Å². The first-order valence-corrected chi connectivity index (χ1v) is 4.52. The Kier molecular flexibility index (Phi) is 3.34. The predicted molar refractivity (Wildman–Crippen MR) is 47.7 cm³/mol. The second-order valence-electron chi connectivity index (χ2n) is 3.78. The quantitative estimate of drug-likeness (QED) is 0.589. The summed E-state index contributed by atoms with van der Waals surface area (Å²) in [6.07, 6.45) is 1.29. The average Bonchev–Trinajstić information content (AvgIpc) is 2.34. The SMILES string of the molecule is CCC1C[N]CC1CN(C)C. The second-order valence-corrected chi connectivity index (χ2v) is 3.78. The van der Waals surface area contributed by atoms with Crippen LogP contribution in [0.2, 0.25) is 0 Å². The van der Waals surface area contributed by atoms with E-state index in [1.165, 1.54) is 13.0 Å². The molecule has 0 aliphatic carbocycles. The molecule has 0 spiro atoms. The van der Waals surface area contributed by atoms with Crippen molar-refractivity contribution in [3.63, 3.8) is 0 Å². The van der Waals surface area contributed by atoms with Gasteiger partial charge < -0.3 is 4.90 Å². The van der Waals surface area contributed by atoms with Crippen LogP contribution in [-0.2, 0) is 0 Å². The smallest absolute Gasteiger partial charge is 0.0177 e. The van der Waals surface area contributed by atoms with E-state index in [2.05, 4.69) is 31.2 Å². The fourth-order valence-electron chi connectivity index (χ4n) is 1.84. The van der Waals surface area contributed by atoms with Crippen molar-refractivity contribution in [2.24, 2.45) is 11.8 Å². The Balaban J connectivity index is 2.31. The monoisotopic (exact) mass is 155 g/mol. The first-order valence-electron chi connectivity index (χ1n) is 4.52. The molecular weight excluding hydrogens is 136 g/mol. The maximum atomic E-state index is 4.44. The van der Waals surface area contributed by atoms with Gasteiger partial charge in [0.05, 0.1) is 0 Å². The van der Waals surface area contributed by atoms with Crippen molar-refractivity contribution in [2.75, 3.05) is 33.7 Å². The van der Waals surface area contributed by atoms with Gasteiger partial charge in [0.1, 0.15) is 0 Å². The highest BCUT2D eigenvalue weighted by Crippen LogP contribution is 2.20. The molecular formula is C9H19N2. The molecule has 2 unspecified atom stereocenters. The molecule has 0 aromatic heterocycles. The Hall–Kier alpha value is -0.0800. The van der Waals surface area contributed by atoms with Crippen molar-refractivity contribution >= 4 is 0 Å². The third-order valence-corrected chi connectivity index (χ3v) is 2.52. The van der Waals surface area contributed by atoms with E-state index in [1.807, 2.05) is 0 Å². The van der Waals surface area contributed by atoms with E-state index in [-0.39, 0.29) is 0 Å². The number of nitrogens with zero attached hydrogens (tertiary/aromatic N) is 2. The lowest BCUT2D eigenvalue weighted by atomic mass is 9.93. The van der Waals surface area contributed by atoms with Crippen LogP contribution in [0.15, 0.2) is 0 Å². The number of hydrogen-bond donors (Lipinski definition) is 0. The minimum Gasteiger partial charge on any atom is -0.309 e. The summed E-state index contributed by atoms with van der Waals surface area (Å²) in [5.74, 6) is 1.69. The highest BCUT2D eigenvalue weighted by molar-refractivity contribution is 4.80. The van der Waals surface area contributed by atoms with Gasteiger partial charge in [0, 0.05) is 19.6 Å². The molecule has 2 atom stereocenters. The summed E-state index contributed by atoms with van der Waals surface area (Å²) < 4.78 is 0. The van der Waals surface area contributed by atoms with Gasteiger partial charge in [-0.2, -0.15) is 0 Å². The molecule has 2 heteroatoms. The summed E-state index contributed by atoms with van der Waals surface area (Å²) in [6.45, 7) is 5.68. The molecule has 0 bridgehead atoms. The summed E-state index contributed by atoms with van der Waals surface area (Å²) >= 11 is 0. The molecule has 11 heavy (non-hydrogen) atoms. The largest absolute Gasteiger partial charge is 0.309 e. The zero-order chi connectivity index (χ0) is 8.27. The van der Waals surface area contributed by atoms with E-state index in [9.17, 15) is 0 Å². The van der Waals surface area contributed by atoms with Crippen LogP contribution in [0.3, 0.4) is 0 Å². The lowest BCUT2D eigenvalue weighted by Crippen LogP contribution is -2.26. The zero-order valence-corrected chi connectivity index (χ0v) is 7.88. The summed E-state index contributed by atoms with van der Waals surface area (Å²) in [6, 6.07) is 0. The van der Waals surface area contributed by atoms with Crippen LogP contribution < -0.4 is 5.32 Å². The summed E-state index contributed by atoms with van der Waals surface area (Å²) in [5.41, 5.74) is 0. The Morgan fingerprint density at radius 2 is 1.91 bits per heavy atom. The summed E-state index contributed by atoms with van der Waals surface area (Å²) in [7, 11) is 4.29. The number of rotatable bonds is 3. The van der Waals surface area contributed by atoms with Crippen molar-refractivity contribution in [3.8, 4) is 0 Å². The maximum Gasteiger partial charge on any atom is 0.0177 e. The average molecular weight is 155 g/mol. The molecule has 1 rings (SSSR count). The van der Waals surface area contributed by atoms with E-state index in [4.69, 9.17) is 0 Å². The van der Waals surface area contributed by atoms with Crippen LogP contribution in [0.5, 0.6) is 0 Å². The van der Waals surface area contributed by atoms with Gasteiger partial charge in [0.15, 0.2) is 0 Å². The molecule has 1 aliphatic rings. The minimum atomic E-state index is 0.829. The van der Waals surface area contributed by atoms with Crippen LogP contribution >= 0.6 is 0 Å². The van der Waals surface area contributed by atoms with Crippen molar-refractivity contribution in [2.45, 2.75) is 13.3 Å². The molecule has 1 radical (unpaired) electrons. The third-order valence-electron chi connectivity index (χ3n) is 2.52. The molecule has 0 saturated carbocycles. The van der Waals surface area contributed by atoms with Gasteiger partial charge in [-0.05, 0) is 25.9 Å². The fourth-order valence-corrected chi connectivity index (χ4v) is 1.84. The van der Waals surface area contributed by atoms with E-state index in [1.54, 1.807) is 0 Å². The van der Waals surface area contributed by atoms with Crippen molar-refractivity contribution < 1.29 is 0 Å². The van der Waals surface area contributed by atoms with Gasteiger partial charge in [-0.25, -0.2) is 5.32 Å². The van der Waals surface area contributed by atoms with Crippen molar-refractivity contribution in [3.05, 3.63) is 0 Å². The third kappa shape index (κ3) is 2.46. The highest BCUT2D eigenvalue weighted by atomic mass is 15.1. The molecule has 0 aromatic rings. The predicted octanol–water partition coefficient (Wildman–Crippen LogP) is 0.808. The first-order chi connectivity index (χ1) is 5.24. The van der Waals surface area contributed by atoms with Gasteiger partial charge in [0.25, 0.3) is 0 Å². The standard InChI is InChI=1S/C9H19N2/c1-4-8-5-10-6-9(8)7-11(2)3/h8-9H,4-7H2,1-3H3. The zero-order valence-electron chi connectivity index (χ0n) is 7.88. The van der Waals surface area contributed by atoms with Gasteiger partial charge in [0.2, 0.25) is 0 Å². The summed E-state index contributed by atoms with van der Waals surface area (Å²) in [4.78, 5) is 2.27. The molecule has 1 aliphatic heterocycles. The fraction of sp³-hybridized carbons (Fsp3) is 1.00. The van der Waals surface area contributed by atoms with E-state index in [0.717, 1.165) is 24.9 Å². The van der Waals surface area contributed by atoms with Crippen LogP contribution in [0.1, 0.15) is 13.3 Å². The van der Waals surface area contributed by atoms with Gasteiger partial charge in [-0.1, -0.05) is 13.3 Å². The Morgan fingerprint density at radius 3 is 2.45 bits per heavy atom. The van der Waals surface area contributed by atoms with E-state index >= 15 is 0 Å². The molecule has 0 aromatic carbocycles. The molecule has 1 heterocycles. The van der Waals surface area contributed by atoms with Gasteiger partial charge in [-0.15, -0.1) is 0 Å². The second kappa shape index (κ2) is 4.07. The van der Waals surface area contributed by atoms with Crippen LogP contribution in [0.4, 0.5) is 0 Å². The molecule has 0 amide bonds. The van der Waals surface area contributed by atoms with Crippen molar-refractivity contribution in [1.82, 2.24) is 10.2 Å². The Morgan fingerprint density at radius 1 is 1.27 bits per heavy atom. The van der Waals surface area contributed by atoms with Gasteiger partial charge in [-0.3, -0.25) is 0 Å². The molecule has 2 nitrogen and oxygen atoms in total. The minimum absolute atomic E-state index is 0.829. The lowest BCUT2D eigenvalue weighted by Gasteiger charge is -2.20. The van der Waals surface area contributed by atoms with Gasteiger partial charge >= 0.3 is 0 Å². The molecule has 1 fully saturated rings. The first kappa shape index (κ1) is 9.01. The molecule has 1 saturated heterocycles. The van der Waals surface area contributed by atoms with Crippen molar-refractivity contribution in [1.29, 1.82) is 0 Å². The topological polar surface area (TPSA) is 17.3 Å². The number of hydrogen-bond acceptors (Lipinski definition) is 1. The normalized spacial score (nSPS) is 31.6. The molecule has 65 valence electrons. The Bertz CT molecular complexity index is 112. The maximum absolute atomic E-state index is 4.44.